The van der Waals surface area contributed by atoms with Crippen molar-refractivity contribution in [1.29, 1.82) is 5.26 Å². The Morgan fingerprint density at radius 1 is 1.12 bits per heavy atom. The second-order valence-electron chi connectivity index (χ2n) is 12.7. The maximum Gasteiger partial charge on any atom is 0.408 e. The average molecular weight is 606 g/mol. The lowest BCUT2D eigenvalue weighted by Gasteiger charge is -2.25. The molecule has 1 amide bonds. The summed E-state index contributed by atoms with van der Waals surface area (Å²) in [5.41, 5.74) is 2.95. The van der Waals surface area contributed by atoms with Gasteiger partial charge in [-0.15, -0.1) is 0 Å². The maximum atomic E-state index is 14.2. The Hall–Kier alpha value is -4.14. The Morgan fingerprint density at radius 2 is 1.84 bits per heavy atom. The third kappa shape index (κ3) is 8.92. The van der Waals surface area contributed by atoms with Crippen molar-refractivity contribution in [2.75, 3.05) is 6.61 Å². The van der Waals surface area contributed by atoms with E-state index in [-0.39, 0.29) is 13.2 Å². The second kappa shape index (κ2) is 13.0. The minimum Gasteiger partial charge on any atom is -0.444 e. The molecule has 4 rings (SSSR count). The third-order valence-electron chi connectivity index (χ3n) is 6.55. The SMILES string of the molecule is CC(C)(C)OC(=O)N[C@@H](Cc1cc(F)cc(F)c1)c1nc2cnn(COCC[Si](C)(C)C)c2cc1-c1cccc(C#N)c1. The van der Waals surface area contributed by atoms with E-state index in [0.717, 1.165) is 12.1 Å². The number of carbonyl (C=O) groups is 1. The van der Waals surface area contributed by atoms with Gasteiger partial charge in [-0.05, 0) is 74.7 Å². The number of nitrogens with one attached hydrogen (secondary N) is 1. The molecule has 0 fully saturated rings. The Kier molecular flexibility index (Phi) is 9.62. The fraction of sp³-hybridized carbons (Fsp3) is 0.375. The van der Waals surface area contributed by atoms with Crippen molar-refractivity contribution in [3.05, 3.63) is 83.2 Å². The lowest BCUT2D eigenvalue weighted by Crippen LogP contribution is -2.36. The van der Waals surface area contributed by atoms with Gasteiger partial charge in [0.1, 0.15) is 29.5 Å². The molecule has 0 aliphatic carbocycles. The molecule has 0 aliphatic heterocycles. The summed E-state index contributed by atoms with van der Waals surface area (Å²) in [5.74, 6) is -1.46. The van der Waals surface area contributed by atoms with Gasteiger partial charge in [-0.1, -0.05) is 31.8 Å². The minimum atomic E-state index is -1.27. The molecule has 1 N–H and O–H groups in total. The number of halogens is 2. The highest BCUT2D eigenvalue weighted by atomic mass is 28.3. The Morgan fingerprint density at radius 3 is 2.49 bits per heavy atom. The van der Waals surface area contributed by atoms with Gasteiger partial charge in [-0.3, -0.25) is 0 Å². The van der Waals surface area contributed by atoms with E-state index in [0.29, 0.717) is 45.6 Å². The van der Waals surface area contributed by atoms with Crippen LogP contribution in [0, 0.1) is 23.0 Å². The lowest BCUT2D eigenvalue weighted by molar-refractivity contribution is 0.0502. The Bertz CT molecular complexity index is 1630. The first-order valence-corrected chi connectivity index (χ1v) is 17.8. The molecule has 0 saturated carbocycles. The van der Waals surface area contributed by atoms with Crippen LogP contribution in [0.1, 0.15) is 43.6 Å². The number of nitriles is 1. The number of carbonyl (C=O) groups excluding carboxylic acids is 1. The molecule has 2 aromatic carbocycles. The summed E-state index contributed by atoms with van der Waals surface area (Å²) in [6, 6.07) is 14.5. The number of nitrogens with zero attached hydrogens (tertiary/aromatic N) is 4. The van der Waals surface area contributed by atoms with Gasteiger partial charge < -0.3 is 14.8 Å². The Balaban J connectivity index is 1.82. The van der Waals surface area contributed by atoms with Gasteiger partial charge in [0.2, 0.25) is 0 Å². The summed E-state index contributed by atoms with van der Waals surface area (Å²) >= 11 is 0. The highest BCUT2D eigenvalue weighted by Crippen LogP contribution is 2.33. The average Bonchev–Trinajstić information content (AvgIpc) is 3.29. The monoisotopic (exact) mass is 605 g/mol. The summed E-state index contributed by atoms with van der Waals surface area (Å²) in [6.45, 7) is 12.9. The Labute approximate surface area is 251 Å². The first-order valence-electron chi connectivity index (χ1n) is 14.1. The van der Waals surface area contributed by atoms with Crippen molar-refractivity contribution in [2.45, 2.75) is 71.3 Å². The van der Waals surface area contributed by atoms with Crippen LogP contribution < -0.4 is 5.32 Å². The summed E-state index contributed by atoms with van der Waals surface area (Å²) < 4.78 is 41.5. The number of ether oxygens (including phenoxy) is 2. The molecule has 0 unspecified atom stereocenters. The molecule has 2 heterocycles. The van der Waals surface area contributed by atoms with Crippen LogP contribution in [0.4, 0.5) is 13.6 Å². The quantitative estimate of drug-likeness (QED) is 0.150. The molecule has 0 saturated heterocycles. The number of rotatable bonds is 10. The van der Waals surface area contributed by atoms with Crippen molar-refractivity contribution in [2.24, 2.45) is 0 Å². The second-order valence-corrected chi connectivity index (χ2v) is 18.3. The van der Waals surface area contributed by atoms with Crippen LogP contribution in [0.15, 0.2) is 54.7 Å². The molecule has 8 nitrogen and oxygen atoms in total. The van der Waals surface area contributed by atoms with Crippen LogP contribution in [0.2, 0.25) is 25.7 Å². The molecule has 1 atom stereocenters. The summed E-state index contributed by atoms with van der Waals surface area (Å²) in [6.07, 6.45) is 0.924. The lowest BCUT2D eigenvalue weighted by atomic mass is 9.94. The first-order chi connectivity index (χ1) is 20.2. The summed E-state index contributed by atoms with van der Waals surface area (Å²) in [4.78, 5) is 17.9. The number of pyridine rings is 1. The zero-order valence-electron chi connectivity index (χ0n) is 25.4. The molecule has 43 heavy (non-hydrogen) atoms. The van der Waals surface area contributed by atoms with Gasteiger partial charge in [0.05, 0.1) is 35.1 Å². The molecule has 0 spiro atoms. The van der Waals surface area contributed by atoms with Crippen LogP contribution >= 0.6 is 0 Å². The van der Waals surface area contributed by atoms with Crippen molar-refractivity contribution in [1.82, 2.24) is 20.1 Å². The molecular formula is C32H37F2N5O3Si. The number of benzene rings is 2. The van der Waals surface area contributed by atoms with Gasteiger partial charge in [0.15, 0.2) is 0 Å². The van der Waals surface area contributed by atoms with E-state index in [2.05, 4.69) is 36.1 Å². The third-order valence-corrected chi connectivity index (χ3v) is 8.26. The largest absolute Gasteiger partial charge is 0.444 e. The zero-order valence-corrected chi connectivity index (χ0v) is 26.4. The summed E-state index contributed by atoms with van der Waals surface area (Å²) in [5, 5.41) is 16.9. The number of fused-ring (bicyclic) bond motifs is 1. The number of alkyl carbamates (subject to hydrolysis) is 1. The standard InChI is InChI=1S/C32H37F2N5O3Si/c1-32(2,3)42-31(40)38-27(15-22-13-24(33)16-25(34)14-22)30-26(23-9-7-8-21(12-23)18-35)17-29-28(37-30)19-36-39(29)20-41-10-11-43(4,5)6/h7-9,12-14,16-17,19,27H,10-11,15,20H2,1-6H3,(H,38,40)/t27-/m0/s1. The van der Waals surface area contributed by atoms with Crippen molar-refractivity contribution in [3.8, 4) is 17.2 Å². The predicted molar refractivity (Wildman–Crippen MR) is 164 cm³/mol. The molecule has 2 aromatic heterocycles. The van der Waals surface area contributed by atoms with Crippen LogP contribution in [0.3, 0.4) is 0 Å². The maximum absolute atomic E-state index is 14.2. The smallest absolute Gasteiger partial charge is 0.408 e. The topological polar surface area (TPSA) is 102 Å². The molecular weight excluding hydrogens is 568 g/mol. The van der Waals surface area contributed by atoms with Crippen LogP contribution in [0.25, 0.3) is 22.2 Å². The predicted octanol–water partition coefficient (Wildman–Crippen LogP) is 7.37. The number of aromatic nitrogens is 3. The van der Waals surface area contributed by atoms with E-state index < -0.39 is 37.4 Å². The molecule has 0 radical (unpaired) electrons. The minimum absolute atomic E-state index is 0.0192. The molecule has 0 aliphatic rings. The highest BCUT2D eigenvalue weighted by Gasteiger charge is 2.26. The van der Waals surface area contributed by atoms with E-state index in [4.69, 9.17) is 14.5 Å². The number of amides is 1. The first kappa shape index (κ1) is 31.8. The molecule has 0 bridgehead atoms. The van der Waals surface area contributed by atoms with Gasteiger partial charge in [0.25, 0.3) is 0 Å². The van der Waals surface area contributed by atoms with Crippen LogP contribution in [-0.2, 0) is 22.6 Å². The van der Waals surface area contributed by atoms with Crippen molar-refractivity contribution >= 4 is 25.2 Å². The number of hydrogen-bond acceptors (Lipinski definition) is 6. The van der Waals surface area contributed by atoms with Gasteiger partial charge in [-0.2, -0.15) is 10.4 Å². The summed E-state index contributed by atoms with van der Waals surface area (Å²) in [7, 11) is -1.27. The van der Waals surface area contributed by atoms with E-state index in [1.165, 1.54) is 12.1 Å². The number of hydrogen-bond donors (Lipinski definition) is 1. The van der Waals surface area contributed by atoms with Crippen LogP contribution in [0.5, 0.6) is 0 Å². The van der Waals surface area contributed by atoms with E-state index in [9.17, 15) is 18.8 Å². The van der Waals surface area contributed by atoms with Gasteiger partial charge >= 0.3 is 6.09 Å². The fourth-order valence-corrected chi connectivity index (χ4v) is 5.29. The van der Waals surface area contributed by atoms with Gasteiger partial charge in [0, 0.05) is 26.3 Å². The normalized spacial score (nSPS) is 12.6. The molecule has 226 valence electrons. The van der Waals surface area contributed by atoms with E-state index >= 15 is 0 Å². The zero-order chi connectivity index (χ0) is 31.4. The van der Waals surface area contributed by atoms with E-state index in [1.54, 1.807) is 49.8 Å². The van der Waals surface area contributed by atoms with Crippen LogP contribution in [-0.4, -0.2) is 41.1 Å². The molecule has 4 aromatic rings. The molecule has 11 heteroatoms. The van der Waals surface area contributed by atoms with Crippen molar-refractivity contribution in [3.63, 3.8) is 0 Å². The van der Waals surface area contributed by atoms with Gasteiger partial charge in [-0.25, -0.2) is 23.2 Å². The van der Waals surface area contributed by atoms with Crippen molar-refractivity contribution < 1.29 is 23.0 Å². The van der Waals surface area contributed by atoms with E-state index in [1.807, 2.05) is 12.1 Å². The highest BCUT2D eigenvalue weighted by molar-refractivity contribution is 6.76. The fourth-order valence-electron chi connectivity index (χ4n) is 4.54.